The summed E-state index contributed by atoms with van der Waals surface area (Å²) < 4.78 is 40.5. The smallest absolute Gasteiger partial charge is 0.233 e. The molecule has 1 saturated heterocycles. The molecule has 1 aromatic rings. The predicted octanol–water partition coefficient (Wildman–Crippen LogP) is 2.33. The molecule has 2 rings (SSSR count). The maximum absolute atomic E-state index is 13.5. The van der Waals surface area contributed by atoms with Crippen LogP contribution < -0.4 is 10.0 Å². The first-order valence-corrected chi connectivity index (χ1v) is 8.57. The SMILES string of the molecule is O=S(=O)(CC1CCCNC1)Nc1cc(Br)ccc1F. The molecule has 1 heterocycles. The van der Waals surface area contributed by atoms with Crippen LogP contribution in [0.15, 0.2) is 22.7 Å². The molecular formula is C12H16BrFN2O2S. The molecule has 7 heteroatoms. The van der Waals surface area contributed by atoms with Crippen LogP contribution in [0.1, 0.15) is 12.8 Å². The second kappa shape index (κ2) is 6.19. The van der Waals surface area contributed by atoms with Gasteiger partial charge in [-0.2, -0.15) is 0 Å². The zero-order chi connectivity index (χ0) is 13.9. The summed E-state index contributed by atoms with van der Waals surface area (Å²) in [7, 11) is -3.52. The Balaban J connectivity index is 2.05. The summed E-state index contributed by atoms with van der Waals surface area (Å²) in [5, 5.41) is 3.17. The molecule has 1 unspecified atom stereocenters. The Morgan fingerprint density at radius 2 is 2.26 bits per heavy atom. The average molecular weight is 351 g/mol. The number of benzene rings is 1. The number of piperidine rings is 1. The lowest BCUT2D eigenvalue weighted by atomic mass is 10.0. The van der Waals surface area contributed by atoms with Gasteiger partial charge in [0.2, 0.25) is 10.0 Å². The van der Waals surface area contributed by atoms with Gasteiger partial charge in [0.1, 0.15) is 5.82 Å². The van der Waals surface area contributed by atoms with Crippen LogP contribution in [-0.2, 0) is 10.0 Å². The van der Waals surface area contributed by atoms with Crippen LogP contribution in [0.25, 0.3) is 0 Å². The van der Waals surface area contributed by atoms with Crippen molar-refractivity contribution in [2.45, 2.75) is 12.8 Å². The fourth-order valence-electron chi connectivity index (χ4n) is 2.16. The van der Waals surface area contributed by atoms with Crippen molar-refractivity contribution in [1.82, 2.24) is 5.32 Å². The number of halogens is 2. The van der Waals surface area contributed by atoms with E-state index in [0.717, 1.165) is 19.4 Å². The van der Waals surface area contributed by atoms with E-state index in [4.69, 9.17) is 0 Å². The third-order valence-electron chi connectivity index (χ3n) is 3.05. The van der Waals surface area contributed by atoms with Crippen molar-refractivity contribution >= 4 is 31.6 Å². The number of hydrogen-bond acceptors (Lipinski definition) is 3. The molecule has 0 saturated carbocycles. The largest absolute Gasteiger partial charge is 0.316 e. The Morgan fingerprint density at radius 3 is 2.95 bits per heavy atom. The van der Waals surface area contributed by atoms with Crippen molar-refractivity contribution in [2.24, 2.45) is 5.92 Å². The van der Waals surface area contributed by atoms with Gasteiger partial charge in [0.05, 0.1) is 11.4 Å². The van der Waals surface area contributed by atoms with Crippen LogP contribution in [0.2, 0.25) is 0 Å². The lowest BCUT2D eigenvalue weighted by Gasteiger charge is -2.22. The van der Waals surface area contributed by atoms with Gasteiger partial charge in [-0.3, -0.25) is 4.72 Å². The number of anilines is 1. The highest BCUT2D eigenvalue weighted by Crippen LogP contribution is 2.22. The molecule has 1 fully saturated rings. The number of sulfonamides is 1. The van der Waals surface area contributed by atoms with Gasteiger partial charge in [0.15, 0.2) is 0 Å². The molecule has 1 aliphatic rings. The van der Waals surface area contributed by atoms with Crippen molar-refractivity contribution in [3.63, 3.8) is 0 Å². The van der Waals surface area contributed by atoms with Crippen molar-refractivity contribution in [3.05, 3.63) is 28.5 Å². The van der Waals surface area contributed by atoms with Crippen molar-refractivity contribution < 1.29 is 12.8 Å². The summed E-state index contributed by atoms with van der Waals surface area (Å²) in [4.78, 5) is 0. The average Bonchev–Trinajstić information content (AvgIpc) is 2.34. The molecule has 0 amide bonds. The normalized spacial score (nSPS) is 20.2. The van der Waals surface area contributed by atoms with Crippen LogP contribution in [0.3, 0.4) is 0 Å². The Morgan fingerprint density at radius 1 is 1.47 bits per heavy atom. The maximum atomic E-state index is 13.5. The molecule has 1 atom stereocenters. The van der Waals surface area contributed by atoms with E-state index in [1.165, 1.54) is 18.2 Å². The van der Waals surface area contributed by atoms with E-state index >= 15 is 0 Å². The first kappa shape index (κ1) is 14.7. The highest BCUT2D eigenvalue weighted by molar-refractivity contribution is 9.10. The zero-order valence-electron chi connectivity index (χ0n) is 10.3. The molecule has 1 aromatic carbocycles. The minimum Gasteiger partial charge on any atom is -0.316 e. The number of hydrogen-bond donors (Lipinski definition) is 2. The maximum Gasteiger partial charge on any atom is 0.233 e. The third kappa shape index (κ3) is 4.43. The first-order valence-electron chi connectivity index (χ1n) is 6.12. The molecule has 1 aliphatic heterocycles. The molecule has 106 valence electrons. The molecule has 2 N–H and O–H groups in total. The minimum absolute atomic E-state index is 0.0156. The minimum atomic E-state index is -3.52. The first-order chi connectivity index (χ1) is 8.96. The van der Waals surface area contributed by atoms with Crippen molar-refractivity contribution in [2.75, 3.05) is 23.6 Å². The van der Waals surface area contributed by atoms with Crippen molar-refractivity contribution in [1.29, 1.82) is 0 Å². The molecule has 0 bridgehead atoms. The summed E-state index contributed by atoms with van der Waals surface area (Å²) in [6, 6.07) is 4.17. The highest BCUT2D eigenvalue weighted by Gasteiger charge is 2.22. The van der Waals surface area contributed by atoms with Gasteiger partial charge >= 0.3 is 0 Å². The topological polar surface area (TPSA) is 58.2 Å². The van der Waals surface area contributed by atoms with E-state index < -0.39 is 15.8 Å². The predicted molar refractivity (Wildman–Crippen MR) is 77.1 cm³/mol. The summed E-state index contributed by atoms with van der Waals surface area (Å²) in [5.41, 5.74) is -0.0156. The quantitative estimate of drug-likeness (QED) is 0.876. The Bertz CT molecular complexity index is 545. The van der Waals surface area contributed by atoms with E-state index in [9.17, 15) is 12.8 Å². The molecule has 0 aromatic heterocycles. The van der Waals surface area contributed by atoms with Gasteiger partial charge in [-0.25, -0.2) is 12.8 Å². The van der Waals surface area contributed by atoms with Crippen LogP contribution in [-0.4, -0.2) is 27.3 Å². The van der Waals surface area contributed by atoms with Gasteiger partial charge in [-0.1, -0.05) is 15.9 Å². The Labute approximate surface area is 121 Å². The second-order valence-corrected chi connectivity index (χ2v) is 7.40. The molecule has 19 heavy (non-hydrogen) atoms. The van der Waals surface area contributed by atoms with Gasteiger partial charge < -0.3 is 5.32 Å². The fourth-order valence-corrected chi connectivity index (χ4v) is 4.00. The standard InChI is InChI=1S/C12H16BrFN2O2S/c13-10-3-4-11(14)12(6-10)16-19(17,18)8-9-2-1-5-15-7-9/h3-4,6,9,15-16H,1-2,5,7-8H2. The number of nitrogens with one attached hydrogen (secondary N) is 2. The van der Waals surface area contributed by atoms with Gasteiger partial charge in [0.25, 0.3) is 0 Å². The van der Waals surface area contributed by atoms with Crippen LogP contribution >= 0.6 is 15.9 Å². The van der Waals surface area contributed by atoms with E-state index in [-0.39, 0.29) is 17.4 Å². The molecule has 0 aliphatic carbocycles. The van der Waals surface area contributed by atoms with Gasteiger partial charge in [0, 0.05) is 4.47 Å². The molecule has 0 spiro atoms. The Kier molecular flexibility index (Phi) is 4.81. The van der Waals surface area contributed by atoms with E-state index in [1.807, 2.05) is 0 Å². The molecular weight excluding hydrogens is 335 g/mol. The van der Waals surface area contributed by atoms with Gasteiger partial charge in [-0.15, -0.1) is 0 Å². The van der Waals surface area contributed by atoms with Crippen LogP contribution in [0.5, 0.6) is 0 Å². The van der Waals surface area contributed by atoms with E-state index in [0.29, 0.717) is 11.0 Å². The number of rotatable bonds is 4. The van der Waals surface area contributed by atoms with Crippen LogP contribution in [0.4, 0.5) is 10.1 Å². The zero-order valence-corrected chi connectivity index (χ0v) is 12.7. The second-order valence-electron chi connectivity index (χ2n) is 4.72. The molecule has 0 radical (unpaired) electrons. The Hall–Kier alpha value is -0.660. The lowest BCUT2D eigenvalue weighted by Crippen LogP contribution is -2.35. The summed E-state index contributed by atoms with van der Waals surface area (Å²) in [6.07, 6.45) is 1.86. The van der Waals surface area contributed by atoms with E-state index in [1.54, 1.807) is 0 Å². The van der Waals surface area contributed by atoms with Crippen LogP contribution in [0, 0.1) is 11.7 Å². The summed E-state index contributed by atoms with van der Waals surface area (Å²) in [5.74, 6) is -0.471. The molecule has 4 nitrogen and oxygen atoms in total. The summed E-state index contributed by atoms with van der Waals surface area (Å²) in [6.45, 7) is 1.63. The monoisotopic (exact) mass is 350 g/mol. The highest BCUT2D eigenvalue weighted by atomic mass is 79.9. The van der Waals surface area contributed by atoms with Gasteiger partial charge in [-0.05, 0) is 50.0 Å². The van der Waals surface area contributed by atoms with Crippen molar-refractivity contribution in [3.8, 4) is 0 Å². The van der Waals surface area contributed by atoms with E-state index in [2.05, 4.69) is 26.0 Å². The third-order valence-corrected chi connectivity index (χ3v) is 4.98. The lowest BCUT2D eigenvalue weighted by molar-refractivity contribution is 0.404. The fraction of sp³-hybridized carbons (Fsp3) is 0.500. The summed E-state index contributed by atoms with van der Waals surface area (Å²) >= 11 is 3.19.